The number of aliphatic hydroxyl groups excluding tert-OH is 1. The second-order valence-electron chi connectivity index (χ2n) is 8.26. The summed E-state index contributed by atoms with van der Waals surface area (Å²) in [5.41, 5.74) is 3.22. The van der Waals surface area contributed by atoms with Gasteiger partial charge < -0.3 is 20.6 Å². The van der Waals surface area contributed by atoms with E-state index in [4.69, 9.17) is 0 Å². The average Bonchev–Trinajstić information content (AvgIpc) is 2.81. The highest BCUT2D eigenvalue weighted by atomic mass is 32.2. The Morgan fingerprint density at radius 2 is 1.66 bits per heavy atom. The molecular weight excluding hydrogens is 430 g/mol. The zero-order valence-corrected chi connectivity index (χ0v) is 18.5. The van der Waals surface area contributed by atoms with Gasteiger partial charge in [0.15, 0.2) is 9.84 Å². The Labute approximate surface area is 187 Å². The number of benzene rings is 2. The number of nitrogens with one attached hydrogen (secondary N) is 2. The molecule has 4 rings (SSSR count). The highest BCUT2D eigenvalue weighted by molar-refractivity contribution is 7.91. The molecular formula is C23H27N3O5S. The van der Waals surface area contributed by atoms with E-state index in [-0.39, 0.29) is 49.0 Å². The maximum absolute atomic E-state index is 12.6. The third kappa shape index (κ3) is 5.17. The Morgan fingerprint density at radius 3 is 2.34 bits per heavy atom. The van der Waals surface area contributed by atoms with Crippen LogP contribution in [0.3, 0.4) is 0 Å². The molecule has 0 saturated carbocycles. The molecule has 1 unspecified atom stereocenters. The van der Waals surface area contributed by atoms with Gasteiger partial charge in [-0.3, -0.25) is 9.59 Å². The molecule has 1 fully saturated rings. The predicted molar refractivity (Wildman–Crippen MR) is 120 cm³/mol. The molecule has 170 valence electrons. The number of fused-ring (bicyclic) bond motifs is 1. The van der Waals surface area contributed by atoms with Crippen molar-refractivity contribution < 1.29 is 23.1 Å². The molecule has 3 N–H and O–H groups in total. The van der Waals surface area contributed by atoms with E-state index in [0.29, 0.717) is 24.1 Å². The molecule has 0 radical (unpaired) electrons. The van der Waals surface area contributed by atoms with Crippen molar-refractivity contribution in [2.24, 2.45) is 0 Å². The van der Waals surface area contributed by atoms with Gasteiger partial charge in [-0.25, -0.2) is 8.42 Å². The number of hydrogen-bond acceptors (Lipinski definition) is 6. The molecule has 2 aromatic carbocycles. The summed E-state index contributed by atoms with van der Waals surface area (Å²) in [5, 5.41) is 16.6. The average molecular weight is 458 g/mol. The number of carbonyl (C=O) groups is 2. The van der Waals surface area contributed by atoms with Gasteiger partial charge in [0.25, 0.3) is 11.8 Å². The van der Waals surface area contributed by atoms with Gasteiger partial charge in [0.2, 0.25) is 0 Å². The number of nitrogens with zero attached hydrogens (tertiary/aromatic N) is 1. The van der Waals surface area contributed by atoms with Crippen LogP contribution in [-0.2, 0) is 22.8 Å². The first-order valence-corrected chi connectivity index (χ1v) is 12.5. The van der Waals surface area contributed by atoms with Gasteiger partial charge in [-0.15, -0.1) is 0 Å². The lowest BCUT2D eigenvalue weighted by atomic mass is 9.93. The normalized spacial score (nSPS) is 20.8. The Kier molecular flexibility index (Phi) is 6.59. The number of hydrogen-bond donors (Lipinski definition) is 3. The first kappa shape index (κ1) is 22.4. The third-order valence-electron chi connectivity index (χ3n) is 6.07. The monoisotopic (exact) mass is 457 g/mol. The molecule has 2 amide bonds. The van der Waals surface area contributed by atoms with E-state index in [0.717, 1.165) is 0 Å². The van der Waals surface area contributed by atoms with E-state index in [2.05, 4.69) is 22.8 Å². The fraction of sp³-hybridized carbons (Fsp3) is 0.391. The Hall–Kier alpha value is -2.75. The van der Waals surface area contributed by atoms with E-state index in [1.165, 1.54) is 16.0 Å². The number of sulfone groups is 1. The van der Waals surface area contributed by atoms with Crippen molar-refractivity contribution in [1.82, 2.24) is 15.5 Å². The highest BCUT2D eigenvalue weighted by Crippen LogP contribution is 2.18. The molecule has 32 heavy (non-hydrogen) atoms. The fourth-order valence-electron chi connectivity index (χ4n) is 4.06. The SMILES string of the molecule is O=C(NCC(O)[C@@H]1Cc2ccccc2CN1)c1ccc(C(=O)N2CCS(=O)(=O)CC2)cc1. The summed E-state index contributed by atoms with van der Waals surface area (Å²) < 4.78 is 23.1. The van der Waals surface area contributed by atoms with E-state index < -0.39 is 15.9 Å². The van der Waals surface area contributed by atoms with Crippen molar-refractivity contribution in [3.63, 3.8) is 0 Å². The van der Waals surface area contributed by atoms with Crippen molar-refractivity contribution in [2.45, 2.75) is 25.1 Å². The maximum atomic E-state index is 12.6. The van der Waals surface area contributed by atoms with Crippen molar-refractivity contribution in [1.29, 1.82) is 0 Å². The standard InChI is InChI=1S/C23H27N3O5S/c27-21(20-13-18-3-1-2-4-19(18)14-24-20)15-25-22(28)16-5-7-17(8-6-16)23(29)26-9-11-32(30,31)12-10-26/h1-8,20-21,24,27H,9-15H2,(H,25,28)/t20-,21?/m0/s1. The molecule has 2 aliphatic heterocycles. The highest BCUT2D eigenvalue weighted by Gasteiger charge is 2.26. The summed E-state index contributed by atoms with van der Waals surface area (Å²) in [5.74, 6) is -0.624. The third-order valence-corrected chi connectivity index (χ3v) is 7.68. The molecule has 2 heterocycles. The maximum Gasteiger partial charge on any atom is 0.253 e. The first-order valence-electron chi connectivity index (χ1n) is 10.7. The Balaban J connectivity index is 1.29. The molecule has 8 nitrogen and oxygen atoms in total. The molecule has 2 atom stereocenters. The van der Waals surface area contributed by atoms with Crippen LogP contribution in [0.5, 0.6) is 0 Å². The molecule has 0 spiro atoms. The summed E-state index contributed by atoms with van der Waals surface area (Å²) >= 11 is 0. The van der Waals surface area contributed by atoms with Crippen molar-refractivity contribution >= 4 is 21.7 Å². The fourth-order valence-corrected chi connectivity index (χ4v) is 5.26. The number of aliphatic hydroxyl groups is 1. The van der Waals surface area contributed by atoms with Crippen LogP contribution >= 0.6 is 0 Å². The predicted octanol–water partition coefficient (Wildman–Crippen LogP) is 0.362. The van der Waals surface area contributed by atoms with E-state index in [9.17, 15) is 23.1 Å². The largest absolute Gasteiger partial charge is 0.390 e. The summed E-state index contributed by atoms with van der Waals surface area (Å²) in [6.45, 7) is 1.16. The minimum atomic E-state index is -3.06. The van der Waals surface area contributed by atoms with Gasteiger partial charge >= 0.3 is 0 Å². The second kappa shape index (κ2) is 9.40. The van der Waals surface area contributed by atoms with Crippen LogP contribution in [-0.4, -0.2) is 73.5 Å². The van der Waals surface area contributed by atoms with E-state index in [1.54, 1.807) is 24.3 Å². The topological polar surface area (TPSA) is 116 Å². The second-order valence-corrected chi connectivity index (χ2v) is 10.6. The zero-order valence-electron chi connectivity index (χ0n) is 17.7. The lowest BCUT2D eigenvalue weighted by Gasteiger charge is -2.30. The quantitative estimate of drug-likeness (QED) is 0.597. The summed E-state index contributed by atoms with van der Waals surface area (Å²) in [4.78, 5) is 26.6. The lowest BCUT2D eigenvalue weighted by molar-refractivity contribution is 0.0769. The van der Waals surface area contributed by atoms with Crippen LogP contribution in [0, 0.1) is 0 Å². The molecule has 9 heteroatoms. The molecule has 2 aromatic rings. The van der Waals surface area contributed by atoms with Crippen molar-refractivity contribution in [3.05, 3.63) is 70.8 Å². The van der Waals surface area contributed by atoms with E-state index >= 15 is 0 Å². The first-order chi connectivity index (χ1) is 15.3. The minimum absolute atomic E-state index is 0.0248. The number of carbonyl (C=O) groups excluding carboxylic acids is 2. The molecule has 2 aliphatic rings. The van der Waals surface area contributed by atoms with Crippen LogP contribution in [0.15, 0.2) is 48.5 Å². The van der Waals surface area contributed by atoms with Gasteiger partial charge in [-0.2, -0.15) is 0 Å². The van der Waals surface area contributed by atoms with Crippen molar-refractivity contribution in [3.8, 4) is 0 Å². The van der Waals surface area contributed by atoms with Crippen LogP contribution in [0.2, 0.25) is 0 Å². The smallest absolute Gasteiger partial charge is 0.253 e. The van der Waals surface area contributed by atoms with Gasteiger partial charge in [0, 0.05) is 43.3 Å². The van der Waals surface area contributed by atoms with Crippen LogP contribution in [0.25, 0.3) is 0 Å². The van der Waals surface area contributed by atoms with Crippen LogP contribution in [0.4, 0.5) is 0 Å². The lowest BCUT2D eigenvalue weighted by Crippen LogP contribution is -2.49. The number of amides is 2. The van der Waals surface area contributed by atoms with E-state index in [1.807, 2.05) is 12.1 Å². The summed E-state index contributed by atoms with van der Waals surface area (Å²) in [7, 11) is -3.06. The molecule has 0 bridgehead atoms. The van der Waals surface area contributed by atoms with Gasteiger partial charge in [-0.1, -0.05) is 24.3 Å². The van der Waals surface area contributed by atoms with Gasteiger partial charge in [0.05, 0.1) is 17.6 Å². The summed E-state index contributed by atoms with van der Waals surface area (Å²) in [6, 6.07) is 14.2. The van der Waals surface area contributed by atoms with Crippen LogP contribution in [0.1, 0.15) is 31.8 Å². The van der Waals surface area contributed by atoms with Gasteiger partial charge in [-0.05, 0) is 41.8 Å². The minimum Gasteiger partial charge on any atom is -0.390 e. The Bertz CT molecular complexity index is 1090. The summed E-state index contributed by atoms with van der Waals surface area (Å²) in [6.07, 6.45) is -0.0366. The molecule has 1 saturated heterocycles. The zero-order chi connectivity index (χ0) is 22.7. The van der Waals surface area contributed by atoms with Crippen LogP contribution < -0.4 is 10.6 Å². The molecule has 0 aromatic heterocycles. The Morgan fingerprint density at radius 1 is 1.03 bits per heavy atom. The molecule has 0 aliphatic carbocycles. The number of rotatable bonds is 5. The van der Waals surface area contributed by atoms with Crippen molar-refractivity contribution in [2.75, 3.05) is 31.1 Å². The van der Waals surface area contributed by atoms with Gasteiger partial charge in [0.1, 0.15) is 0 Å².